The molecule has 0 aliphatic carbocycles. The fourth-order valence-electron chi connectivity index (χ4n) is 3.37. The number of nitrogens with one attached hydrogen (secondary N) is 1. The van der Waals surface area contributed by atoms with E-state index in [-0.39, 0.29) is 11.0 Å². The minimum Gasteiger partial charge on any atom is -0.422 e. The van der Waals surface area contributed by atoms with E-state index in [0.29, 0.717) is 28.0 Å². The van der Waals surface area contributed by atoms with E-state index in [9.17, 15) is 9.59 Å². The Morgan fingerprint density at radius 3 is 2.28 bits per heavy atom. The number of fused-ring (bicyclic) bond motifs is 1. The molecule has 0 fully saturated rings. The maximum Gasteiger partial charge on any atom is 0.344 e. The summed E-state index contributed by atoms with van der Waals surface area (Å²) in [5.41, 5.74) is 9.25. The predicted octanol–water partition coefficient (Wildman–Crippen LogP) is 4.70. The molecule has 0 aliphatic rings. The average molecular weight is 386 g/mol. The third-order valence-electron chi connectivity index (χ3n) is 5.03. The summed E-state index contributed by atoms with van der Waals surface area (Å²) in [5.74, 6) is 0. The largest absolute Gasteiger partial charge is 0.422 e. The van der Waals surface area contributed by atoms with E-state index < -0.39 is 5.63 Å². The zero-order valence-corrected chi connectivity index (χ0v) is 16.6. The van der Waals surface area contributed by atoms with Gasteiger partial charge in [-0.3, -0.25) is 4.79 Å². The zero-order valence-electron chi connectivity index (χ0n) is 16.6. The third-order valence-corrected chi connectivity index (χ3v) is 5.03. The van der Waals surface area contributed by atoms with Crippen molar-refractivity contribution >= 4 is 16.7 Å². The summed E-state index contributed by atoms with van der Waals surface area (Å²) < 4.78 is 5.75. The van der Waals surface area contributed by atoms with Crippen molar-refractivity contribution in [2.24, 2.45) is 0 Å². The molecule has 0 saturated carbocycles. The molecule has 5 nitrogen and oxygen atoms in total. The summed E-state index contributed by atoms with van der Waals surface area (Å²) in [7, 11) is 0. The lowest BCUT2D eigenvalue weighted by atomic mass is 9.84. The van der Waals surface area contributed by atoms with Crippen molar-refractivity contribution in [2.45, 2.75) is 26.2 Å². The number of aromatic amines is 1. The molecule has 0 atom stereocenters. The van der Waals surface area contributed by atoms with E-state index in [0.717, 1.165) is 16.5 Å². The van der Waals surface area contributed by atoms with Gasteiger partial charge in [-0.1, -0.05) is 32.9 Å². The molecule has 0 amide bonds. The van der Waals surface area contributed by atoms with E-state index >= 15 is 0 Å². The first-order valence-electron chi connectivity index (χ1n) is 9.40. The smallest absolute Gasteiger partial charge is 0.344 e. The number of hydrogen-bond acceptors (Lipinski definition) is 4. The molecule has 2 aromatic carbocycles. The Morgan fingerprint density at radius 1 is 0.897 bits per heavy atom. The minimum atomic E-state index is -0.459. The molecule has 0 radical (unpaired) electrons. The predicted molar refractivity (Wildman–Crippen MR) is 117 cm³/mol. The standard InChI is InChI=1S/C24H22N2O3/c1-24(2,3)16-11-15-12-19(14-6-8-17(25)9-7-14)23(28)29-21(15)20(13-16)18-5-4-10-26-22(18)27/h4-13H,25H2,1-3H3,(H,26,27). The first kappa shape index (κ1) is 18.7. The van der Waals surface area contributed by atoms with Crippen LogP contribution in [0.1, 0.15) is 26.3 Å². The molecular weight excluding hydrogens is 364 g/mol. The summed E-state index contributed by atoms with van der Waals surface area (Å²) in [6.07, 6.45) is 1.58. The zero-order chi connectivity index (χ0) is 20.8. The van der Waals surface area contributed by atoms with Crippen LogP contribution in [0.4, 0.5) is 5.69 Å². The molecule has 0 unspecified atom stereocenters. The molecule has 0 saturated heterocycles. The Balaban J connectivity index is 2.07. The lowest BCUT2D eigenvalue weighted by Crippen LogP contribution is -2.13. The van der Waals surface area contributed by atoms with Crippen LogP contribution in [0.3, 0.4) is 0 Å². The highest BCUT2D eigenvalue weighted by Crippen LogP contribution is 2.34. The first-order chi connectivity index (χ1) is 13.7. The van der Waals surface area contributed by atoms with E-state index in [1.165, 1.54) is 0 Å². The van der Waals surface area contributed by atoms with Crippen LogP contribution in [0.15, 0.2) is 74.8 Å². The number of nitrogen functional groups attached to an aromatic ring is 1. The van der Waals surface area contributed by atoms with Crippen LogP contribution in [-0.4, -0.2) is 4.98 Å². The van der Waals surface area contributed by atoms with E-state index in [1.807, 2.05) is 18.2 Å². The number of aromatic nitrogens is 1. The van der Waals surface area contributed by atoms with Crippen molar-refractivity contribution < 1.29 is 4.42 Å². The van der Waals surface area contributed by atoms with Crippen LogP contribution in [-0.2, 0) is 5.41 Å². The Hall–Kier alpha value is -3.60. The van der Waals surface area contributed by atoms with Crippen molar-refractivity contribution in [3.05, 3.63) is 87.1 Å². The molecule has 146 valence electrons. The van der Waals surface area contributed by atoms with Crippen LogP contribution < -0.4 is 16.9 Å². The molecule has 5 heteroatoms. The highest BCUT2D eigenvalue weighted by Gasteiger charge is 2.20. The van der Waals surface area contributed by atoms with Gasteiger partial charge in [0.25, 0.3) is 5.56 Å². The molecule has 0 bridgehead atoms. The Kier molecular flexibility index (Phi) is 4.38. The quantitative estimate of drug-likeness (QED) is 0.386. The first-order valence-corrected chi connectivity index (χ1v) is 9.40. The second kappa shape index (κ2) is 6.78. The lowest BCUT2D eigenvalue weighted by Gasteiger charge is -2.21. The fourth-order valence-corrected chi connectivity index (χ4v) is 3.37. The number of benzene rings is 2. The van der Waals surface area contributed by atoms with Gasteiger partial charge in [0.15, 0.2) is 0 Å². The summed E-state index contributed by atoms with van der Waals surface area (Å²) in [5, 5.41) is 0.766. The number of anilines is 1. The van der Waals surface area contributed by atoms with E-state index in [1.54, 1.807) is 42.6 Å². The molecular formula is C24H22N2O3. The molecule has 3 N–H and O–H groups in total. The minimum absolute atomic E-state index is 0.151. The highest BCUT2D eigenvalue weighted by atomic mass is 16.4. The van der Waals surface area contributed by atoms with Gasteiger partial charge in [0.2, 0.25) is 0 Å². The molecule has 29 heavy (non-hydrogen) atoms. The van der Waals surface area contributed by atoms with Crippen molar-refractivity contribution in [3.63, 3.8) is 0 Å². The summed E-state index contributed by atoms with van der Waals surface area (Å²) in [6, 6.07) is 16.3. The van der Waals surface area contributed by atoms with Crippen LogP contribution in [0.5, 0.6) is 0 Å². The normalized spacial score (nSPS) is 11.7. The van der Waals surface area contributed by atoms with Crippen molar-refractivity contribution in [1.82, 2.24) is 4.98 Å². The van der Waals surface area contributed by atoms with Crippen LogP contribution in [0.2, 0.25) is 0 Å². The highest BCUT2D eigenvalue weighted by molar-refractivity contribution is 5.94. The van der Waals surface area contributed by atoms with Gasteiger partial charge >= 0.3 is 5.63 Å². The van der Waals surface area contributed by atoms with Gasteiger partial charge in [0.05, 0.1) is 11.1 Å². The van der Waals surface area contributed by atoms with E-state index in [4.69, 9.17) is 10.2 Å². The number of pyridine rings is 1. The summed E-state index contributed by atoms with van der Waals surface area (Å²) >= 11 is 0. The van der Waals surface area contributed by atoms with Crippen LogP contribution in [0, 0.1) is 0 Å². The third kappa shape index (κ3) is 3.47. The number of rotatable bonds is 2. The van der Waals surface area contributed by atoms with Crippen LogP contribution >= 0.6 is 0 Å². The maximum absolute atomic E-state index is 12.8. The second-order valence-corrected chi connectivity index (χ2v) is 8.17. The molecule has 0 aliphatic heterocycles. The molecule has 2 aromatic heterocycles. The number of nitrogens with two attached hydrogens (primary N) is 1. The van der Waals surface area contributed by atoms with Crippen molar-refractivity contribution in [2.75, 3.05) is 5.73 Å². The van der Waals surface area contributed by atoms with Gasteiger partial charge in [-0.05, 0) is 59.0 Å². The van der Waals surface area contributed by atoms with Crippen molar-refractivity contribution in [1.29, 1.82) is 0 Å². The van der Waals surface area contributed by atoms with Gasteiger partial charge in [-0.2, -0.15) is 0 Å². The van der Waals surface area contributed by atoms with Gasteiger partial charge in [0.1, 0.15) is 5.58 Å². The van der Waals surface area contributed by atoms with Crippen LogP contribution in [0.25, 0.3) is 33.2 Å². The average Bonchev–Trinajstić information content (AvgIpc) is 2.67. The molecule has 4 aromatic rings. The fraction of sp³-hybridized carbons (Fsp3) is 0.167. The summed E-state index contributed by atoms with van der Waals surface area (Å²) in [4.78, 5) is 27.9. The SMILES string of the molecule is CC(C)(C)c1cc(-c2ccc[nH]c2=O)c2oc(=O)c(-c3ccc(N)cc3)cc2c1. The van der Waals surface area contributed by atoms with Gasteiger partial charge in [-0.25, -0.2) is 4.79 Å². The molecule has 4 rings (SSSR count). The Labute approximate surface area is 167 Å². The maximum atomic E-state index is 12.8. The van der Waals surface area contributed by atoms with Gasteiger partial charge in [-0.15, -0.1) is 0 Å². The second-order valence-electron chi connectivity index (χ2n) is 8.17. The van der Waals surface area contributed by atoms with Gasteiger partial charge in [0, 0.05) is 22.8 Å². The molecule has 2 heterocycles. The molecule has 0 spiro atoms. The Bertz CT molecular complexity index is 1320. The van der Waals surface area contributed by atoms with Gasteiger partial charge < -0.3 is 15.1 Å². The summed E-state index contributed by atoms with van der Waals surface area (Å²) in [6.45, 7) is 6.31. The monoisotopic (exact) mass is 386 g/mol. The van der Waals surface area contributed by atoms with E-state index in [2.05, 4.69) is 25.8 Å². The topological polar surface area (TPSA) is 89.1 Å². The number of H-pyrrole nitrogens is 1. The Morgan fingerprint density at radius 2 is 1.62 bits per heavy atom. The lowest BCUT2D eigenvalue weighted by molar-refractivity contribution is 0.562. The number of hydrogen-bond donors (Lipinski definition) is 2. The van der Waals surface area contributed by atoms with Crippen molar-refractivity contribution in [3.8, 4) is 22.3 Å².